The molecule has 2 aliphatic rings. The first kappa shape index (κ1) is 20.3. The van der Waals surface area contributed by atoms with E-state index in [2.05, 4.69) is 28.3 Å². The van der Waals surface area contributed by atoms with Crippen molar-refractivity contribution in [2.24, 2.45) is 0 Å². The van der Waals surface area contributed by atoms with Gasteiger partial charge in [0.1, 0.15) is 11.6 Å². The highest BCUT2D eigenvalue weighted by Crippen LogP contribution is 2.31. The van der Waals surface area contributed by atoms with Gasteiger partial charge in [0.25, 0.3) is 0 Å². The summed E-state index contributed by atoms with van der Waals surface area (Å²) in [5.74, 6) is 1.85. The van der Waals surface area contributed by atoms with Gasteiger partial charge < -0.3 is 10.2 Å². The first-order valence-corrected chi connectivity index (χ1v) is 12.5. The largest absolute Gasteiger partial charge is 0.367 e. The molecule has 29 heavy (non-hydrogen) atoms. The van der Waals surface area contributed by atoms with E-state index in [-0.39, 0.29) is 6.04 Å². The third-order valence-electron chi connectivity index (χ3n) is 6.36. The van der Waals surface area contributed by atoms with Crippen molar-refractivity contribution in [3.8, 4) is 0 Å². The van der Waals surface area contributed by atoms with Crippen molar-refractivity contribution in [3.05, 3.63) is 24.5 Å². The Bertz CT molecular complexity index is 951. The number of sulfonamides is 1. The Morgan fingerprint density at radius 2 is 1.83 bits per heavy atom. The van der Waals surface area contributed by atoms with E-state index in [0.717, 1.165) is 35.2 Å². The zero-order chi connectivity index (χ0) is 20.4. The molecule has 0 unspecified atom stereocenters. The van der Waals surface area contributed by atoms with Crippen molar-refractivity contribution < 1.29 is 8.42 Å². The third kappa shape index (κ3) is 4.64. The number of hydrogen-bond donors (Lipinski definition) is 1. The molecule has 3 heterocycles. The zero-order valence-electron chi connectivity index (χ0n) is 17.3. The standard InChI is InChI=1S/C21H31N5O2S/c1-25(18-6-4-3-5-7-18)21-19-14-20(23-15-16(19)8-11-22-21)24-17-9-12-26(13-10-17)29(2,27)28/h8,11,14-15,17-18H,3-7,9-10,12-13H2,1-2H3,(H,23,24). The lowest BCUT2D eigenvalue weighted by molar-refractivity contribution is 0.331. The van der Waals surface area contributed by atoms with Gasteiger partial charge in [-0.15, -0.1) is 0 Å². The monoisotopic (exact) mass is 417 g/mol. The van der Waals surface area contributed by atoms with Crippen LogP contribution in [0.3, 0.4) is 0 Å². The van der Waals surface area contributed by atoms with Crippen molar-refractivity contribution in [2.75, 3.05) is 36.6 Å². The molecule has 158 valence electrons. The van der Waals surface area contributed by atoms with E-state index >= 15 is 0 Å². The molecule has 0 spiro atoms. The van der Waals surface area contributed by atoms with E-state index in [1.54, 1.807) is 4.31 Å². The number of aromatic nitrogens is 2. The molecule has 4 rings (SSSR count). The summed E-state index contributed by atoms with van der Waals surface area (Å²) in [4.78, 5) is 11.6. The van der Waals surface area contributed by atoms with E-state index in [1.807, 2.05) is 18.5 Å². The van der Waals surface area contributed by atoms with Crippen molar-refractivity contribution in [1.29, 1.82) is 0 Å². The van der Waals surface area contributed by atoms with Crippen LogP contribution >= 0.6 is 0 Å². The minimum atomic E-state index is -3.10. The molecule has 1 aliphatic carbocycles. The van der Waals surface area contributed by atoms with Crippen LogP contribution in [0.25, 0.3) is 10.8 Å². The van der Waals surface area contributed by atoms with Crippen LogP contribution in [0.4, 0.5) is 11.6 Å². The number of piperidine rings is 1. The zero-order valence-corrected chi connectivity index (χ0v) is 18.2. The van der Waals surface area contributed by atoms with E-state index in [1.165, 1.54) is 38.4 Å². The van der Waals surface area contributed by atoms with Crippen molar-refractivity contribution >= 4 is 32.4 Å². The molecule has 2 fully saturated rings. The van der Waals surface area contributed by atoms with Crippen LogP contribution in [0.1, 0.15) is 44.9 Å². The number of nitrogens with one attached hydrogen (secondary N) is 1. The minimum absolute atomic E-state index is 0.231. The van der Waals surface area contributed by atoms with Gasteiger partial charge in [-0.3, -0.25) is 0 Å². The fraction of sp³-hybridized carbons (Fsp3) is 0.619. The Morgan fingerprint density at radius 3 is 2.52 bits per heavy atom. The highest BCUT2D eigenvalue weighted by Gasteiger charge is 2.25. The highest BCUT2D eigenvalue weighted by molar-refractivity contribution is 7.88. The van der Waals surface area contributed by atoms with Crippen LogP contribution < -0.4 is 10.2 Å². The maximum Gasteiger partial charge on any atom is 0.211 e. The minimum Gasteiger partial charge on any atom is -0.367 e. The van der Waals surface area contributed by atoms with Gasteiger partial charge in [0.2, 0.25) is 10.0 Å². The Labute approximate surface area is 173 Å². The number of anilines is 2. The molecule has 0 amide bonds. The van der Waals surface area contributed by atoms with Crippen LogP contribution in [0.5, 0.6) is 0 Å². The summed E-state index contributed by atoms with van der Waals surface area (Å²) in [5, 5.41) is 5.72. The predicted molar refractivity (Wildman–Crippen MR) is 118 cm³/mol. The van der Waals surface area contributed by atoms with Crippen molar-refractivity contribution in [3.63, 3.8) is 0 Å². The summed E-state index contributed by atoms with van der Waals surface area (Å²) in [6, 6.07) is 4.88. The Hall–Kier alpha value is -1.93. The highest BCUT2D eigenvalue weighted by atomic mass is 32.2. The lowest BCUT2D eigenvalue weighted by Gasteiger charge is -2.33. The van der Waals surface area contributed by atoms with E-state index in [9.17, 15) is 8.42 Å². The van der Waals surface area contributed by atoms with Gasteiger partial charge >= 0.3 is 0 Å². The van der Waals surface area contributed by atoms with Crippen LogP contribution in [-0.2, 0) is 10.0 Å². The molecule has 0 radical (unpaired) electrons. The average Bonchev–Trinajstić information content (AvgIpc) is 2.73. The van der Waals surface area contributed by atoms with Crippen LogP contribution in [0.2, 0.25) is 0 Å². The van der Waals surface area contributed by atoms with Gasteiger partial charge in [-0.2, -0.15) is 0 Å². The maximum atomic E-state index is 11.7. The molecule has 0 atom stereocenters. The van der Waals surface area contributed by atoms with Gasteiger partial charge in [-0.25, -0.2) is 22.7 Å². The van der Waals surface area contributed by atoms with E-state index in [4.69, 9.17) is 4.98 Å². The van der Waals surface area contributed by atoms with Gasteiger partial charge in [-0.05, 0) is 37.8 Å². The molecule has 1 N–H and O–H groups in total. The van der Waals surface area contributed by atoms with Gasteiger partial charge in [-0.1, -0.05) is 19.3 Å². The van der Waals surface area contributed by atoms with Crippen LogP contribution in [0, 0.1) is 0 Å². The molecule has 1 aliphatic heterocycles. The number of rotatable bonds is 5. The summed E-state index contributed by atoms with van der Waals surface area (Å²) in [6.45, 7) is 1.11. The SMILES string of the molecule is CN(c1nccc2cnc(NC3CCN(S(C)(=O)=O)CC3)cc12)C1CCCCC1. The van der Waals surface area contributed by atoms with Crippen molar-refractivity contribution in [1.82, 2.24) is 14.3 Å². The second-order valence-electron chi connectivity index (χ2n) is 8.41. The number of fused-ring (bicyclic) bond motifs is 1. The summed E-state index contributed by atoms with van der Waals surface area (Å²) < 4.78 is 25.0. The van der Waals surface area contributed by atoms with Crippen LogP contribution in [-0.4, -0.2) is 61.2 Å². The molecule has 2 aromatic heterocycles. The molecule has 8 heteroatoms. The molecule has 0 aromatic carbocycles. The molecule has 0 bridgehead atoms. The number of nitrogens with zero attached hydrogens (tertiary/aromatic N) is 4. The summed E-state index contributed by atoms with van der Waals surface area (Å²) >= 11 is 0. The summed E-state index contributed by atoms with van der Waals surface area (Å²) in [5.41, 5.74) is 0. The van der Waals surface area contributed by atoms with Gasteiger partial charge in [0.05, 0.1) is 6.26 Å². The van der Waals surface area contributed by atoms with Crippen LogP contribution in [0.15, 0.2) is 24.5 Å². The Morgan fingerprint density at radius 1 is 1.10 bits per heavy atom. The second-order valence-corrected chi connectivity index (χ2v) is 10.4. The molecular weight excluding hydrogens is 386 g/mol. The summed E-state index contributed by atoms with van der Waals surface area (Å²) in [6.07, 6.45) is 13.0. The first-order chi connectivity index (χ1) is 13.9. The fourth-order valence-corrected chi connectivity index (χ4v) is 5.47. The third-order valence-corrected chi connectivity index (χ3v) is 7.66. The molecular formula is C21H31N5O2S. The summed E-state index contributed by atoms with van der Waals surface area (Å²) in [7, 11) is -0.942. The maximum absolute atomic E-state index is 11.7. The normalized spacial score (nSPS) is 20.1. The van der Waals surface area contributed by atoms with E-state index < -0.39 is 10.0 Å². The quantitative estimate of drug-likeness (QED) is 0.805. The van der Waals surface area contributed by atoms with Gasteiger partial charge in [0.15, 0.2) is 0 Å². The second kappa shape index (κ2) is 8.44. The van der Waals surface area contributed by atoms with E-state index in [0.29, 0.717) is 19.1 Å². The lowest BCUT2D eigenvalue weighted by atomic mass is 9.94. The first-order valence-electron chi connectivity index (χ1n) is 10.6. The topological polar surface area (TPSA) is 78.4 Å². The number of hydrogen-bond acceptors (Lipinski definition) is 6. The predicted octanol–water partition coefficient (Wildman–Crippen LogP) is 3.23. The Balaban J connectivity index is 1.51. The average molecular weight is 418 g/mol. The lowest BCUT2D eigenvalue weighted by Crippen LogP contribution is -2.41. The molecule has 1 saturated heterocycles. The number of pyridine rings is 2. The molecule has 2 aromatic rings. The van der Waals surface area contributed by atoms with Gasteiger partial charge in [0, 0.05) is 55.4 Å². The Kier molecular flexibility index (Phi) is 5.92. The molecule has 1 saturated carbocycles. The fourth-order valence-electron chi connectivity index (χ4n) is 4.59. The molecule has 7 nitrogen and oxygen atoms in total. The van der Waals surface area contributed by atoms with Crippen molar-refractivity contribution in [2.45, 2.75) is 57.0 Å². The smallest absolute Gasteiger partial charge is 0.211 e.